The summed E-state index contributed by atoms with van der Waals surface area (Å²) in [6.07, 6.45) is 4.72. The van der Waals surface area contributed by atoms with E-state index in [0.717, 1.165) is 30.9 Å². The van der Waals surface area contributed by atoms with Crippen LogP contribution < -0.4 is 5.32 Å². The molecular weight excluding hydrogens is 170 g/mol. The molecule has 0 aromatic rings. The van der Waals surface area contributed by atoms with Crippen LogP contribution in [0.4, 0.5) is 0 Å². The van der Waals surface area contributed by atoms with Crippen molar-refractivity contribution >= 4 is 17.7 Å². The number of hydrogen-bond acceptors (Lipinski definition) is 2. The molecule has 0 aromatic carbocycles. The zero-order chi connectivity index (χ0) is 8.44. The van der Waals surface area contributed by atoms with Crippen molar-refractivity contribution in [2.45, 2.75) is 25.7 Å². The number of hydrogen-bond donors (Lipinski definition) is 1. The third kappa shape index (κ3) is 1.35. The highest BCUT2D eigenvalue weighted by Crippen LogP contribution is 2.41. The van der Waals surface area contributed by atoms with Crippen LogP contribution in [0.5, 0.6) is 0 Å². The third-order valence-electron chi connectivity index (χ3n) is 2.95. The van der Waals surface area contributed by atoms with E-state index in [4.69, 9.17) is 0 Å². The summed E-state index contributed by atoms with van der Waals surface area (Å²) in [4.78, 5) is 11.7. The topological polar surface area (TPSA) is 29.1 Å². The fourth-order valence-corrected chi connectivity index (χ4v) is 3.38. The Morgan fingerprint density at radius 1 is 1.33 bits per heavy atom. The van der Waals surface area contributed by atoms with E-state index in [2.05, 4.69) is 5.32 Å². The van der Waals surface area contributed by atoms with Gasteiger partial charge in [-0.2, -0.15) is 11.8 Å². The Labute approximate surface area is 77.5 Å². The van der Waals surface area contributed by atoms with Crippen LogP contribution in [0, 0.1) is 5.41 Å². The largest absolute Gasteiger partial charge is 0.355 e. The molecule has 1 N–H and O–H groups in total. The number of carbonyl (C=O) groups is 1. The number of amides is 1. The molecule has 0 unspecified atom stereocenters. The number of rotatable bonds is 0. The number of carbonyl (C=O) groups excluding carboxylic acids is 1. The number of nitrogens with one attached hydrogen (secondary N) is 1. The van der Waals surface area contributed by atoms with Crippen molar-refractivity contribution < 1.29 is 4.79 Å². The molecule has 2 fully saturated rings. The summed E-state index contributed by atoms with van der Waals surface area (Å²) in [5, 5.41) is 3.02. The summed E-state index contributed by atoms with van der Waals surface area (Å²) in [6.45, 7) is 0.866. The van der Waals surface area contributed by atoms with Crippen LogP contribution in [-0.2, 0) is 4.79 Å². The van der Waals surface area contributed by atoms with Gasteiger partial charge in [-0.1, -0.05) is 12.8 Å². The molecule has 1 spiro atoms. The molecule has 1 saturated carbocycles. The summed E-state index contributed by atoms with van der Waals surface area (Å²) in [7, 11) is 0. The molecule has 2 aliphatic rings. The molecule has 68 valence electrons. The van der Waals surface area contributed by atoms with Crippen LogP contribution in [0.1, 0.15) is 25.7 Å². The minimum atomic E-state index is 0.0289. The molecule has 0 radical (unpaired) electrons. The van der Waals surface area contributed by atoms with Crippen LogP contribution in [0.3, 0.4) is 0 Å². The van der Waals surface area contributed by atoms with Crippen molar-refractivity contribution in [1.82, 2.24) is 5.32 Å². The SMILES string of the molecule is O=C1NCCSCC12CCCC2. The molecular formula is C9H15NOS. The van der Waals surface area contributed by atoms with E-state index in [1.54, 1.807) is 0 Å². The lowest BCUT2D eigenvalue weighted by molar-refractivity contribution is -0.129. The summed E-state index contributed by atoms with van der Waals surface area (Å²) in [5.41, 5.74) is 0.0289. The van der Waals surface area contributed by atoms with Gasteiger partial charge in [0.05, 0.1) is 5.41 Å². The highest BCUT2D eigenvalue weighted by molar-refractivity contribution is 7.99. The van der Waals surface area contributed by atoms with E-state index in [-0.39, 0.29) is 5.41 Å². The monoisotopic (exact) mass is 185 g/mol. The van der Waals surface area contributed by atoms with Gasteiger partial charge >= 0.3 is 0 Å². The van der Waals surface area contributed by atoms with Crippen molar-refractivity contribution in [3.05, 3.63) is 0 Å². The van der Waals surface area contributed by atoms with Gasteiger partial charge in [0.2, 0.25) is 5.91 Å². The summed E-state index contributed by atoms with van der Waals surface area (Å²) in [5.74, 6) is 2.47. The van der Waals surface area contributed by atoms with Crippen LogP contribution >= 0.6 is 11.8 Å². The van der Waals surface area contributed by atoms with Gasteiger partial charge in [-0.3, -0.25) is 4.79 Å². The molecule has 1 aliphatic carbocycles. The molecule has 1 saturated heterocycles. The van der Waals surface area contributed by atoms with Gasteiger partial charge < -0.3 is 5.32 Å². The van der Waals surface area contributed by atoms with Crippen LogP contribution in [0.2, 0.25) is 0 Å². The van der Waals surface area contributed by atoms with E-state index in [1.165, 1.54) is 12.8 Å². The maximum atomic E-state index is 11.7. The normalized spacial score (nSPS) is 28.5. The minimum Gasteiger partial charge on any atom is -0.355 e. The zero-order valence-corrected chi connectivity index (χ0v) is 8.08. The molecule has 0 aromatic heterocycles. The van der Waals surface area contributed by atoms with E-state index >= 15 is 0 Å². The molecule has 1 amide bonds. The highest BCUT2D eigenvalue weighted by atomic mass is 32.2. The van der Waals surface area contributed by atoms with Gasteiger partial charge in [0.1, 0.15) is 0 Å². The van der Waals surface area contributed by atoms with Gasteiger partial charge in [-0.05, 0) is 12.8 Å². The van der Waals surface area contributed by atoms with E-state index in [1.807, 2.05) is 11.8 Å². The first kappa shape index (κ1) is 8.42. The lowest BCUT2D eigenvalue weighted by Crippen LogP contribution is -2.39. The highest BCUT2D eigenvalue weighted by Gasteiger charge is 2.41. The molecule has 2 nitrogen and oxygen atoms in total. The predicted molar refractivity (Wildman–Crippen MR) is 51.2 cm³/mol. The molecule has 3 heteroatoms. The van der Waals surface area contributed by atoms with E-state index < -0.39 is 0 Å². The number of thioether (sulfide) groups is 1. The molecule has 1 aliphatic heterocycles. The summed E-state index contributed by atoms with van der Waals surface area (Å²) < 4.78 is 0. The lowest BCUT2D eigenvalue weighted by Gasteiger charge is -2.23. The Hall–Kier alpha value is -0.180. The van der Waals surface area contributed by atoms with Crippen molar-refractivity contribution in [3.63, 3.8) is 0 Å². The predicted octanol–water partition coefficient (Wildman–Crippen LogP) is 1.41. The van der Waals surface area contributed by atoms with Crippen molar-refractivity contribution in [1.29, 1.82) is 0 Å². The lowest BCUT2D eigenvalue weighted by atomic mass is 9.87. The van der Waals surface area contributed by atoms with Crippen molar-refractivity contribution in [3.8, 4) is 0 Å². The van der Waals surface area contributed by atoms with E-state index in [0.29, 0.717) is 5.91 Å². The molecule has 0 bridgehead atoms. The van der Waals surface area contributed by atoms with Crippen molar-refractivity contribution in [2.75, 3.05) is 18.1 Å². The quantitative estimate of drug-likeness (QED) is 0.618. The van der Waals surface area contributed by atoms with Crippen LogP contribution in [0.15, 0.2) is 0 Å². The minimum absolute atomic E-state index is 0.0289. The van der Waals surface area contributed by atoms with Crippen molar-refractivity contribution in [2.24, 2.45) is 5.41 Å². The second kappa shape index (κ2) is 3.29. The summed E-state index contributed by atoms with van der Waals surface area (Å²) in [6, 6.07) is 0. The Balaban J connectivity index is 2.13. The van der Waals surface area contributed by atoms with Crippen LogP contribution in [-0.4, -0.2) is 24.0 Å². The Morgan fingerprint density at radius 3 is 2.83 bits per heavy atom. The van der Waals surface area contributed by atoms with Gasteiger partial charge in [-0.25, -0.2) is 0 Å². The van der Waals surface area contributed by atoms with Gasteiger partial charge in [0, 0.05) is 18.1 Å². The van der Waals surface area contributed by atoms with Gasteiger partial charge in [0.25, 0.3) is 0 Å². The second-order valence-electron chi connectivity index (χ2n) is 3.80. The van der Waals surface area contributed by atoms with Crippen LogP contribution in [0.25, 0.3) is 0 Å². The average Bonchev–Trinajstić information content (AvgIpc) is 2.45. The Bertz CT molecular complexity index is 187. The average molecular weight is 185 g/mol. The summed E-state index contributed by atoms with van der Waals surface area (Å²) >= 11 is 1.93. The Kier molecular flexibility index (Phi) is 2.31. The molecule has 1 heterocycles. The van der Waals surface area contributed by atoms with E-state index in [9.17, 15) is 4.79 Å². The molecule has 12 heavy (non-hydrogen) atoms. The Morgan fingerprint density at radius 2 is 2.08 bits per heavy atom. The first-order valence-corrected chi connectivity index (χ1v) is 5.85. The maximum Gasteiger partial charge on any atom is 0.227 e. The zero-order valence-electron chi connectivity index (χ0n) is 7.27. The smallest absolute Gasteiger partial charge is 0.227 e. The molecule has 2 rings (SSSR count). The first-order valence-electron chi connectivity index (χ1n) is 4.70. The second-order valence-corrected chi connectivity index (χ2v) is 4.90. The third-order valence-corrected chi connectivity index (χ3v) is 4.20. The first-order chi connectivity index (χ1) is 5.83. The fourth-order valence-electron chi connectivity index (χ4n) is 2.18. The van der Waals surface area contributed by atoms with Gasteiger partial charge in [0.15, 0.2) is 0 Å². The van der Waals surface area contributed by atoms with Gasteiger partial charge in [-0.15, -0.1) is 0 Å². The molecule has 0 atom stereocenters. The maximum absolute atomic E-state index is 11.7. The fraction of sp³-hybridized carbons (Fsp3) is 0.889. The standard InChI is InChI=1S/C9H15NOS/c11-8-9(3-1-2-4-9)7-12-6-5-10-8/h1-7H2,(H,10,11).